The predicted molar refractivity (Wildman–Crippen MR) is 62.6 cm³/mol. The Kier molecular flexibility index (Phi) is 2.58. The number of nitrogens with two attached hydrogens (primary N) is 1. The zero-order valence-electron chi connectivity index (χ0n) is 9.57. The van der Waals surface area contributed by atoms with Crippen molar-refractivity contribution in [3.8, 4) is 0 Å². The van der Waals surface area contributed by atoms with Crippen LogP contribution in [0.1, 0.15) is 18.9 Å². The number of aliphatic imine (C=N–C) groups is 1. The molecule has 0 bridgehead atoms. The minimum atomic E-state index is -0.286. The van der Waals surface area contributed by atoms with Crippen molar-refractivity contribution in [3.63, 3.8) is 0 Å². The largest absolute Gasteiger partial charge is 0.370 e. The van der Waals surface area contributed by atoms with Crippen LogP contribution in [0, 0.1) is 5.82 Å². The monoisotopic (exact) mass is 221 g/mol. The molecule has 1 heterocycles. The molecule has 0 fully saturated rings. The maximum atomic E-state index is 13.3. The van der Waals surface area contributed by atoms with E-state index in [-0.39, 0.29) is 11.4 Å². The van der Waals surface area contributed by atoms with E-state index in [9.17, 15) is 4.39 Å². The number of guanidine groups is 1. The lowest BCUT2D eigenvalue weighted by atomic mass is 9.86. The van der Waals surface area contributed by atoms with Crippen molar-refractivity contribution in [1.29, 1.82) is 0 Å². The van der Waals surface area contributed by atoms with E-state index in [0.29, 0.717) is 12.5 Å². The molecule has 86 valence electrons. The van der Waals surface area contributed by atoms with Gasteiger partial charge in [0.05, 0.1) is 12.1 Å². The fourth-order valence-corrected chi connectivity index (χ4v) is 2.26. The molecule has 16 heavy (non-hydrogen) atoms. The molecule has 0 spiro atoms. The van der Waals surface area contributed by atoms with Crippen molar-refractivity contribution in [2.45, 2.75) is 18.9 Å². The number of hydrogen-bond acceptors (Lipinski definition) is 3. The normalized spacial score (nSPS) is 24.7. The van der Waals surface area contributed by atoms with Gasteiger partial charge in [-0.1, -0.05) is 19.1 Å². The molecular weight excluding hydrogens is 205 g/mol. The van der Waals surface area contributed by atoms with Crippen LogP contribution in [-0.2, 0) is 5.54 Å². The Bertz CT molecular complexity index is 430. The van der Waals surface area contributed by atoms with Crippen molar-refractivity contribution in [2.24, 2.45) is 10.7 Å². The number of hydrogen-bond donors (Lipinski definition) is 1. The summed E-state index contributed by atoms with van der Waals surface area (Å²) < 4.78 is 13.3. The third-order valence-corrected chi connectivity index (χ3v) is 3.44. The number of likely N-dealkylation sites (N-methyl/N-ethyl adjacent to an activating group) is 1. The number of rotatable bonds is 2. The van der Waals surface area contributed by atoms with Crippen LogP contribution in [0.25, 0.3) is 0 Å². The van der Waals surface area contributed by atoms with Gasteiger partial charge in [0.2, 0.25) is 0 Å². The van der Waals surface area contributed by atoms with E-state index in [1.807, 2.05) is 18.0 Å². The molecule has 2 N–H and O–H groups in total. The summed E-state index contributed by atoms with van der Waals surface area (Å²) >= 11 is 0. The van der Waals surface area contributed by atoms with Crippen molar-refractivity contribution < 1.29 is 4.39 Å². The van der Waals surface area contributed by atoms with E-state index in [2.05, 4.69) is 11.9 Å². The SMILES string of the molecule is CCC1(c2cccc(F)c2)CN=C(N)N1C. The van der Waals surface area contributed by atoms with E-state index in [1.165, 1.54) is 6.07 Å². The summed E-state index contributed by atoms with van der Waals surface area (Å²) in [5, 5.41) is 0. The molecule has 3 nitrogen and oxygen atoms in total. The van der Waals surface area contributed by atoms with Gasteiger partial charge in [-0.15, -0.1) is 0 Å². The molecule has 1 aliphatic rings. The Hall–Kier alpha value is -1.58. The van der Waals surface area contributed by atoms with Gasteiger partial charge >= 0.3 is 0 Å². The molecule has 0 radical (unpaired) electrons. The quantitative estimate of drug-likeness (QED) is 0.825. The van der Waals surface area contributed by atoms with Crippen LogP contribution >= 0.6 is 0 Å². The second-order valence-electron chi connectivity index (χ2n) is 4.13. The molecule has 1 aromatic rings. The van der Waals surface area contributed by atoms with Crippen LogP contribution in [0.2, 0.25) is 0 Å². The summed E-state index contributed by atoms with van der Waals surface area (Å²) in [4.78, 5) is 6.18. The van der Waals surface area contributed by atoms with Crippen molar-refractivity contribution in [2.75, 3.05) is 13.6 Å². The summed E-state index contributed by atoms with van der Waals surface area (Å²) in [5.41, 5.74) is 6.43. The summed E-state index contributed by atoms with van der Waals surface area (Å²) in [6.07, 6.45) is 0.844. The Balaban J connectivity index is 2.44. The molecule has 0 aliphatic carbocycles. The van der Waals surface area contributed by atoms with E-state index in [4.69, 9.17) is 5.73 Å². The molecule has 1 atom stereocenters. The maximum Gasteiger partial charge on any atom is 0.191 e. The first-order valence-electron chi connectivity index (χ1n) is 5.40. The first-order valence-corrected chi connectivity index (χ1v) is 5.40. The highest BCUT2D eigenvalue weighted by atomic mass is 19.1. The van der Waals surface area contributed by atoms with E-state index >= 15 is 0 Å². The second-order valence-corrected chi connectivity index (χ2v) is 4.13. The van der Waals surface area contributed by atoms with Crippen molar-refractivity contribution in [1.82, 2.24) is 4.90 Å². The van der Waals surface area contributed by atoms with Gasteiger partial charge in [-0.2, -0.15) is 0 Å². The van der Waals surface area contributed by atoms with Gasteiger partial charge in [-0.25, -0.2) is 4.39 Å². The van der Waals surface area contributed by atoms with E-state index < -0.39 is 0 Å². The lowest BCUT2D eigenvalue weighted by Crippen LogP contribution is -2.46. The van der Waals surface area contributed by atoms with Gasteiger partial charge in [0.15, 0.2) is 5.96 Å². The van der Waals surface area contributed by atoms with Crippen LogP contribution in [0.3, 0.4) is 0 Å². The van der Waals surface area contributed by atoms with Gasteiger partial charge in [0.1, 0.15) is 5.82 Å². The standard InChI is InChI=1S/C12H16FN3/c1-3-12(8-15-11(14)16(12)2)9-5-4-6-10(13)7-9/h4-7H,3,8H2,1-2H3,(H2,14,15). The highest BCUT2D eigenvalue weighted by Crippen LogP contribution is 2.35. The van der Waals surface area contributed by atoms with Crippen molar-refractivity contribution in [3.05, 3.63) is 35.6 Å². The fourth-order valence-electron chi connectivity index (χ4n) is 2.26. The number of benzene rings is 1. The summed E-state index contributed by atoms with van der Waals surface area (Å²) in [7, 11) is 1.90. The number of halogens is 1. The average molecular weight is 221 g/mol. The maximum absolute atomic E-state index is 13.3. The smallest absolute Gasteiger partial charge is 0.191 e. The molecule has 0 amide bonds. The van der Waals surface area contributed by atoms with Gasteiger partial charge < -0.3 is 10.6 Å². The summed E-state index contributed by atoms with van der Waals surface area (Å²) in [6, 6.07) is 6.67. The molecular formula is C12H16FN3. The Labute approximate surface area is 94.8 Å². The molecule has 2 rings (SSSR count). The van der Waals surface area contributed by atoms with E-state index in [1.54, 1.807) is 12.1 Å². The van der Waals surface area contributed by atoms with Gasteiger partial charge in [-0.3, -0.25) is 4.99 Å². The topological polar surface area (TPSA) is 41.6 Å². The van der Waals surface area contributed by atoms with Gasteiger partial charge in [0, 0.05) is 7.05 Å². The fraction of sp³-hybridized carbons (Fsp3) is 0.417. The molecule has 0 aromatic heterocycles. The molecule has 0 saturated heterocycles. The minimum Gasteiger partial charge on any atom is -0.370 e. The van der Waals surface area contributed by atoms with Crippen LogP contribution in [0.15, 0.2) is 29.3 Å². The van der Waals surface area contributed by atoms with Crippen LogP contribution < -0.4 is 5.73 Å². The second kappa shape index (κ2) is 3.77. The Morgan fingerprint density at radius 2 is 2.31 bits per heavy atom. The molecule has 1 aliphatic heterocycles. The molecule has 1 aromatic carbocycles. The molecule has 4 heteroatoms. The lowest BCUT2D eigenvalue weighted by molar-refractivity contribution is 0.229. The summed E-state index contributed by atoms with van der Waals surface area (Å²) in [6.45, 7) is 2.66. The van der Waals surface area contributed by atoms with Gasteiger partial charge in [0.25, 0.3) is 0 Å². The van der Waals surface area contributed by atoms with Crippen LogP contribution in [0.5, 0.6) is 0 Å². The third-order valence-electron chi connectivity index (χ3n) is 3.44. The van der Waals surface area contributed by atoms with Crippen molar-refractivity contribution >= 4 is 5.96 Å². The highest BCUT2D eigenvalue weighted by Gasteiger charge is 2.40. The number of nitrogens with zero attached hydrogens (tertiary/aromatic N) is 2. The van der Waals surface area contributed by atoms with Gasteiger partial charge in [-0.05, 0) is 24.1 Å². The first kappa shape index (κ1) is 10.9. The molecule has 0 saturated carbocycles. The Morgan fingerprint density at radius 1 is 1.56 bits per heavy atom. The first-order chi connectivity index (χ1) is 7.60. The molecule has 1 unspecified atom stereocenters. The average Bonchev–Trinajstić information content (AvgIpc) is 2.57. The van der Waals surface area contributed by atoms with Crippen LogP contribution in [0.4, 0.5) is 4.39 Å². The third kappa shape index (κ3) is 1.45. The minimum absolute atomic E-state index is 0.218. The zero-order chi connectivity index (χ0) is 11.8. The summed E-state index contributed by atoms with van der Waals surface area (Å²) in [5.74, 6) is 0.301. The highest BCUT2D eigenvalue weighted by molar-refractivity contribution is 5.81. The lowest BCUT2D eigenvalue weighted by Gasteiger charge is -2.36. The predicted octanol–water partition coefficient (Wildman–Crippen LogP) is 1.69. The Morgan fingerprint density at radius 3 is 2.81 bits per heavy atom. The zero-order valence-corrected chi connectivity index (χ0v) is 9.57. The van der Waals surface area contributed by atoms with E-state index in [0.717, 1.165) is 12.0 Å². The van der Waals surface area contributed by atoms with Crippen LogP contribution in [-0.4, -0.2) is 24.5 Å².